The van der Waals surface area contributed by atoms with Gasteiger partial charge in [0.15, 0.2) is 0 Å². The van der Waals surface area contributed by atoms with Gasteiger partial charge in [0.05, 0.1) is 5.75 Å². The van der Waals surface area contributed by atoms with Gasteiger partial charge in [-0.05, 0) is 45.7 Å². The van der Waals surface area contributed by atoms with E-state index in [-0.39, 0.29) is 5.75 Å². The summed E-state index contributed by atoms with van der Waals surface area (Å²) in [6.07, 6.45) is 4.10. The molecule has 3 heterocycles. The normalized spacial score (nSPS) is 20.4. The van der Waals surface area contributed by atoms with Crippen molar-refractivity contribution in [3.63, 3.8) is 0 Å². The Balaban J connectivity index is 1.59. The standard InChI is InChI=1S/C16H27N5O2S/c1-13-19-15(14-4-6-17-7-5-14)12-16(20-13)18-8-11-24(22,23)21-9-2-3-10-21/h12,14,17H,2-11H2,1H3,(H,18,19,20). The number of hydrogen-bond donors (Lipinski definition) is 2. The Morgan fingerprint density at radius 1 is 1.25 bits per heavy atom. The minimum Gasteiger partial charge on any atom is -0.369 e. The van der Waals surface area contributed by atoms with E-state index in [4.69, 9.17) is 0 Å². The number of anilines is 1. The zero-order valence-electron chi connectivity index (χ0n) is 14.3. The smallest absolute Gasteiger partial charge is 0.215 e. The second kappa shape index (κ2) is 7.76. The lowest BCUT2D eigenvalue weighted by Crippen LogP contribution is -2.32. The number of hydrogen-bond acceptors (Lipinski definition) is 6. The lowest BCUT2D eigenvalue weighted by Gasteiger charge is -2.22. The van der Waals surface area contributed by atoms with E-state index in [0.29, 0.717) is 25.6 Å². The van der Waals surface area contributed by atoms with Crippen LogP contribution < -0.4 is 10.6 Å². The largest absolute Gasteiger partial charge is 0.369 e. The van der Waals surface area contributed by atoms with Crippen LogP contribution in [-0.4, -0.2) is 61.2 Å². The van der Waals surface area contributed by atoms with E-state index in [1.54, 1.807) is 4.31 Å². The highest BCUT2D eigenvalue weighted by Gasteiger charge is 2.24. The van der Waals surface area contributed by atoms with Gasteiger partial charge in [0.25, 0.3) is 0 Å². The first-order valence-electron chi connectivity index (χ1n) is 8.82. The fraction of sp³-hybridized carbons (Fsp3) is 0.750. The van der Waals surface area contributed by atoms with Crippen LogP contribution in [0.3, 0.4) is 0 Å². The van der Waals surface area contributed by atoms with E-state index in [2.05, 4.69) is 20.6 Å². The van der Waals surface area contributed by atoms with Crippen LogP contribution in [-0.2, 0) is 10.0 Å². The van der Waals surface area contributed by atoms with E-state index in [0.717, 1.165) is 56.1 Å². The molecule has 2 aliphatic rings. The lowest BCUT2D eigenvalue weighted by atomic mass is 9.94. The summed E-state index contributed by atoms with van der Waals surface area (Å²) in [7, 11) is -3.15. The molecule has 1 aromatic heterocycles. The molecule has 0 spiro atoms. The van der Waals surface area contributed by atoms with E-state index >= 15 is 0 Å². The first kappa shape index (κ1) is 17.6. The molecule has 24 heavy (non-hydrogen) atoms. The molecule has 0 amide bonds. The number of sulfonamides is 1. The Labute approximate surface area is 144 Å². The van der Waals surface area contributed by atoms with Gasteiger partial charge in [-0.1, -0.05) is 0 Å². The van der Waals surface area contributed by atoms with Crippen molar-refractivity contribution in [3.05, 3.63) is 17.6 Å². The molecule has 0 saturated carbocycles. The molecule has 3 rings (SSSR count). The molecule has 0 unspecified atom stereocenters. The van der Waals surface area contributed by atoms with Crippen molar-refractivity contribution >= 4 is 15.8 Å². The average molecular weight is 353 g/mol. The molecule has 2 aliphatic heterocycles. The summed E-state index contributed by atoms with van der Waals surface area (Å²) in [6, 6.07) is 1.98. The molecule has 2 saturated heterocycles. The predicted octanol–water partition coefficient (Wildman–Crippen LogP) is 1.09. The van der Waals surface area contributed by atoms with Crippen LogP contribution >= 0.6 is 0 Å². The van der Waals surface area contributed by atoms with Gasteiger partial charge in [-0.3, -0.25) is 0 Å². The SMILES string of the molecule is Cc1nc(NCCS(=O)(=O)N2CCCC2)cc(C2CCNCC2)n1. The molecule has 0 aromatic carbocycles. The molecule has 0 aliphatic carbocycles. The highest BCUT2D eigenvalue weighted by atomic mass is 32.2. The fourth-order valence-corrected chi connectivity index (χ4v) is 4.84. The molecule has 7 nitrogen and oxygen atoms in total. The Kier molecular flexibility index (Phi) is 5.68. The molecule has 134 valence electrons. The number of piperidine rings is 1. The summed E-state index contributed by atoms with van der Waals surface area (Å²) in [4.78, 5) is 8.97. The lowest BCUT2D eigenvalue weighted by molar-refractivity contribution is 0.452. The highest BCUT2D eigenvalue weighted by Crippen LogP contribution is 2.25. The van der Waals surface area contributed by atoms with Gasteiger partial charge in [0, 0.05) is 37.3 Å². The molecule has 0 atom stereocenters. The van der Waals surface area contributed by atoms with Crippen molar-refractivity contribution in [2.24, 2.45) is 0 Å². The predicted molar refractivity (Wildman–Crippen MR) is 94.7 cm³/mol. The summed E-state index contributed by atoms with van der Waals surface area (Å²) in [5.74, 6) is 2.03. The van der Waals surface area contributed by atoms with Crippen molar-refractivity contribution in [3.8, 4) is 0 Å². The maximum Gasteiger partial charge on any atom is 0.215 e. The van der Waals surface area contributed by atoms with Crippen LogP contribution in [0, 0.1) is 6.92 Å². The number of nitrogens with one attached hydrogen (secondary N) is 2. The zero-order chi connectivity index (χ0) is 17.0. The van der Waals surface area contributed by atoms with Crippen LogP contribution in [0.1, 0.15) is 43.1 Å². The van der Waals surface area contributed by atoms with E-state index in [1.165, 1.54) is 0 Å². The minimum atomic E-state index is -3.15. The van der Waals surface area contributed by atoms with Gasteiger partial charge in [0.1, 0.15) is 11.6 Å². The maximum absolute atomic E-state index is 12.3. The Bertz CT molecular complexity index is 652. The molecule has 1 aromatic rings. The molecular weight excluding hydrogens is 326 g/mol. The number of aromatic nitrogens is 2. The van der Waals surface area contributed by atoms with Crippen molar-refractivity contribution in [1.82, 2.24) is 19.6 Å². The quantitative estimate of drug-likeness (QED) is 0.796. The zero-order valence-corrected chi connectivity index (χ0v) is 15.1. The first-order chi connectivity index (χ1) is 11.5. The Hall–Kier alpha value is -1.25. The van der Waals surface area contributed by atoms with Crippen molar-refractivity contribution < 1.29 is 8.42 Å². The minimum absolute atomic E-state index is 0.110. The molecule has 2 fully saturated rings. The van der Waals surface area contributed by atoms with Crippen LogP contribution in [0.2, 0.25) is 0 Å². The monoisotopic (exact) mass is 353 g/mol. The summed E-state index contributed by atoms with van der Waals surface area (Å²) >= 11 is 0. The maximum atomic E-state index is 12.3. The first-order valence-corrected chi connectivity index (χ1v) is 10.4. The van der Waals surface area contributed by atoms with Crippen LogP contribution in [0.25, 0.3) is 0 Å². The van der Waals surface area contributed by atoms with Crippen molar-refractivity contribution in [1.29, 1.82) is 0 Å². The summed E-state index contributed by atoms with van der Waals surface area (Å²) in [5, 5.41) is 6.53. The molecular formula is C16H27N5O2S. The average Bonchev–Trinajstić information content (AvgIpc) is 3.10. The van der Waals surface area contributed by atoms with Crippen LogP contribution in [0.5, 0.6) is 0 Å². The Morgan fingerprint density at radius 3 is 2.67 bits per heavy atom. The summed E-state index contributed by atoms with van der Waals surface area (Å²) < 4.78 is 26.1. The van der Waals surface area contributed by atoms with E-state index in [9.17, 15) is 8.42 Å². The fourth-order valence-electron chi connectivity index (χ4n) is 3.41. The third-order valence-electron chi connectivity index (χ3n) is 4.74. The third-order valence-corrected chi connectivity index (χ3v) is 6.61. The Morgan fingerprint density at radius 2 is 1.96 bits per heavy atom. The number of nitrogens with zero attached hydrogens (tertiary/aromatic N) is 3. The van der Waals surface area contributed by atoms with Gasteiger partial charge in [-0.15, -0.1) is 0 Å². The summed E-state index contributed by atoms with van der Waals surface area (Å²) in [5.41, 5.74) is 1.06. The number of aryl methyl sites for hydroxylation is 1. The summed E-state index contributed by atoms with van der Waals surface area (Å²) in [6.45, 7) is 5.62. The van der Waals surface area contributed by atoms with E-state index < -0.39 is 10.0 Å². The van der Waals surface area contributed by atoms with Gasteiger partial charge in [-0.2, -0.15) is 0 Å². The topological polar surface area (TPSA) is 87.2 Å². The highest BCUT2D eigenvalue weighted by molar-refractivity contribution is 7.89. The van der Waals surface area contributed by atoms with Crippen LogP contribution in [0.15, 0.2) is 6.07 Å². The van der Waals surface area contributed by atoms with Crippen molar-refractivity contribution in [2.45, 2.75) is 38.5 Å². The third kappa shape index (κ3) is 4.43. The molecule has 0 radical (unpaired) electrons. The molecule has 0 bridgehead atoms. The van der Waals surface area contributed by atoms with Crippen LogP contribution in [0.4, 0.5) is 5.82 Å². The van der Waals surface area contributed by atoms with Gasteiger partial charge < -0.3 is 10.6 Å². The molecule has 2 N–H and O–H groups in total. The second-order valence-corrected chi connectivity index (χ2v) is 8.69. The number of rotatable bonds is 6. The molecule has 8 heteroatoms. The van der Waals surface area contributed by atoms with Gasteiger partial charge >= 0.3 is 0 Å². The van der Waals surface area contributed by atoms with Crippen molar-refractivity contribution in [2.75, 3.05) is 43.8 Å². The van der Waals surface area contributed by atoms with Gasteiger partial charge in [-0.25, -0.2) is 22.7 Å². The van der Waals surface area contributed by atoms with E-state index in [1.807, 2.05) is 13.0 Å². The van der Waals surface area contributed by atoms with Gasteiger partial charge in [0.2, 0.25) is 10.0 Å². The second-order valence-electron chi connectivity index (χ2n) is 6.60.